The number of Topliss-reactive ketones (excluding diaryl/α,β-unsaturated/α-hetero) is 1. The topological polar surface area (TPSA) is 90.9 Å². The first-order valence-corrected chi connectivity index (χ1v) is 8.86. The van der Waals surface area contributed by atoms with Gasteiger partial charge < -0.3 is 19.5 Å². The van der Waals surface area contributed by atoms with Gasteiger partial charge >= 0.3 is 5.97 Å². The number of esters is 1. The predicted molar refractivity (Wildman–Crippen MR) is 104 cm³/mol. The Bertz CT molecular complexity index is 814. The van der Waals surface area contributed by atoms with Crippen molar-refractivity contribution in [2.45, 2.75) is 26.9 Å². The minimum atomic E-state index is -0.984. The molecule has 0 heterocycles. The lowest BCUT2D eigenvalue weighted by Gasteiger charge is -2.14. The Balaban J connectivity index is 1.78. The molecule has 0 radical (unpaired) electrons. The Morgan fingerprint density at radius 3 is 2.07 bits per heavy atom. The van der Waals surface area contributed by atoms with Crippen molar-refractivity contribution >= 4 is 23.3 Å². The first kappa shape index (κ1) is 21.0. The Labute approximate surface area is 163 Å². The Kier molecular flexibility index (Phi) is 7.56. The van der Waals surface area contributed by atoms with Crippen LogP contribution in [0.3, 0.4) is 0 Å². The van der Waals surface area contributed by atoms with E-state index in [0.29, 0.717) is 29.4 Å². The van der Waals surface area contributed by atoms with E-state index in [1.165, 1.54) is 13.8 Å². The standard InChI is InChI=1S/C21H23NO6/c1-4-26-18-11-7-17(8-12-18)22-21(25)15(3)28-20(24)13-27-19-9-5-16(6-10-19)14(2)23/h5-12,15H,4,13H2,1-3H3,(H,22,25). The van der Waals surface area contributed by atoms with Crippen molar-refractivity contribution in [3.63, 3.8) is 0 Å². The average Bonchev–Trinajstić information content (AvgIpc) is 2.68. The molecule has 0 aromatic heterocycles. The molecule has 148 valence electrons. The van der Waals surface area contributed by atoms with Gasteiger partial charge in [-0.3, -0.25) is 9.59 Å². The van der Waals surface area contributed by atoms with Crippen LogP contribution in [0.1, 0.15) is 31.1 Å². The van der Waals surface area contributed by atoms with Gasteiger partial charge in [-0.15, -0.1) is 0 Å². The molecule has 2 rings (SSSR count). The lowest BCUT2D eigenvalue weighted by Crippen LogP contribution is -2.31. The Hall–Kier alpha value is -3.35. The second-order valence-electron chi connectivity index (χ2n) is 5.95. The van der Waals surface area contributed by atoms with Crippen molar-refractivity contribution in [2.75, 3.05) is 18.5 Å². The molecular formula is C21H23NO6. The van der Waals surface area contributed by atoms with Crippen molar-refractivity contribution in [1.29, 1.82) is 0 Å². The highest BCUT2D eigenvalue weighted by Crippen LogP contribution is 2.16. The summed E-state index contributed by atoms with van der Waals surface area (Å²) in [7, 11) is 0. The molecule has 2 aromatic carbocycles. The summed E-state index contributed by atoms with van der Waals surface area (Å²) in [6.07, 6.45) is -0.984. The average molecular weight is 385 g/mol. The Morgan fingerprint density at radius 2 is 1.50 bits per heavy atom. The van der Waals surface area contributed by atoms with Gasteiger partial charge in [0.2, 0.25) is 0 Å². The molecule has 1 atom stereocenters. The number of hydrogen-bond donors (Lipinski definition) is 1. The van der Waals surface area contributed by atoms with Gasteiger partial charge in [0, 0.05) is 11.3 Å². The van der Waals surface area contributed by atoms with Crippen molar-refractivity contribution in [2.24, 2.45) is 0 Å². The fourth-order valence-corrected chi connectivity index (χ4v) is 2.26. The molecule has 0 aliphatic rings. The number of hydrogen-bond acceptors (Lipinski definition) is 6. The van der Waals surface area contributed by atoms with Crippen LogP contribution in [0, 0.1) is 0 Å². The molecule has 0 aliphatic carbocycles. The van der Waals surface area contributed by atoms with Crippen LogP contribution < -0.4 is 14.8 Å². The highest BCUT2D eigenvalue weighted by molar-refractivity contribution is 5.95. The molecule has 0 spiro atoms. The van der Waals surface area contributed by atoms with Crippen molar-refractivity contribution in [1.82, 2.24) is 0 Å². The molecular weight excluding hydrogens is 362 g/mol. The van der Waals surface area contributed by atoms with E-state index >= 15 is 0 Å². The first-order chi connectivity index (χ1) is 13.4. The largest absolute Gasteiger partial charge is 0.494 e. The van der Waals surface area contributed by atoms with Gasteiger partial charge in [-0.2, -0.15) is 0 Å². The number of ketones is 1. The lowest BCUT2D eigenvalue weighted by atomic mass is 10.1. The van der Waals surface area contributed by atoms with Crippen LogP contribution in [0.4, 0.5) is 5.69 Å². The molecule has 2 aromatic rings. The number of benzene rings is 2. The van der Waals surface area contributed by atoms with Gasteiger partial charge in [-0.25, -0.2) is 4.79 Å². The third kappa shape index (κ3) is 6.42. The van der Waals surface area contributed by atoms with E-state index in [-0.39, 0.29) is 12.4 Å². The van der Waals surface area contributed by atoms with Crippen molar-refractivity contribution in [3.8, 4) is 11.5 Å². The van der Waals surface area contributed by atoms with Crippen LogP contribution in [-0.4, -0.2) is 37.0 Å². The summed E-state index contributed by atoms with van der Waals surface area (Å²) >= 11 is 0. The van der Waals surface area contributed by atoms with Gasteiger partial charge in [-0.1, -0.05) is 0 Å². The highest BCUT2D eigenvalue weighted by atomic mass is 16.6. The summed E-state index contributed by atoms with van der Waals surface area (Å²) in [5.41, 5.74) is 1.12. The summed E-state index contributed by atoms with van der Waals surface area (Å²) in [6.45, 7) is 5.04. The second-order valence-corrected chi connectivity index (χ2v) is 5.95. The molecule has 0 saturated heterocycles. The minimum Gasteiger partial charge on any atom is -0.494 e. The van der Waals surface area contributed by atoms with E-state index in [0.717, 1.165) is 0 Å². The maximum Gasteiger partial charge on any atom is 0.344 e. The van der Waals surface area contributed by atoms with Gasteiger partial charge in [0.1, 0.15) is 11.5 Å². The SMILES string of the molecule is CCOc1ccc(NC(=O)C(C)OC(=O)COc2ccc(C(C)=O)cc2)cc1. The van der Waals surface area contributed by atoms with E-state index in [2.05, 4.69) is 5.32 Å². The van der Waals surface area contributed by atoms with E-state index in [9.17, 15) is 14.4 Å². The zero-order valence-electron chi connectivity index (χ0n) is 16.1. The number of carbonyl (C=O) groups excluding carboxylic acids is 3. The molecule has 1 amide bonds. The van der Waals surface area contributed by atoms with E-state index in [4.69, 9.17) is 14.2 Å². The maximum atomic E-state index is 12.1. The summed E-state index contributed by atoms with van der Waals surface area (Å²) in [5, 5.41) is 2.66. The zero-order chi connectivity index (χ0) is 20.5. The fourth-order valence-electron chi connectivity index (χ4n) is 2.26. The molecule has 0 bridgehead atoms. The number of anilines is 1. The lowest BCUT2D eigenvalue weighted by molar-refractivity contribution is -0.155. The normalized spacial score (nSPS) is 11.2. The first-order valence-electron chi connectivity index (χ1n) is 8.86. The zero-order valence-corrected chi connectivity index (χ0v) is 16.1. The molecule has 1 unspecified atom stereocenters. The fraction of sp³-hybridized carbons (Fsp3) is 0.286. The van der Waals surface area contributed by atoms with Crippen molar-refractivity contribution < 1.29 is 28.6 Å². The monoisotopic (exact) mass is 385 g/mol. The Morgan fingerprint density at radius 1 is 0.929 bits per heavy atom. The third-order valence-electron chi connectivity index (χ3n) is 3.73. The maximum absolute atomic E-state index is 12.1. The van der Waals surface area contributed by atoms with Crippen molar-refractivity contribution in [3.05, 3.63) is 54.1 Å². The molecule has 1 N–H and O–H groups in total. The number of nitrogens with one attached hydrogen (secondary N) is 1. The van der Waals surface area contributed by atoms with E-state index in [1.54, 1.807) is 48.5 Å². The highest BCUT2D eigenvalue weighted by Gasteiger charge is 2.18. The van der Waals surface area contributed by atoms with Crippen LogP contribution in [-0.2, 0) is 14.3 Å². The van der Waals surface area contributed by atoms with Crippen LogP contribution in [0.25, 0.3) is 0 Å². The van der Waals surface area contributed by atoms with Crippen LogP contribution >= 0.6 is 0 Å². The minimum absolute atomic E-state index is 0.0571. The van der Waals surface area contributed by atoms with Gasteiger partial charge in [-0.05, 0) is 69.3 Å². The molecule has 28 heavy (non-hydrogen) atoms. The van der Waals surface area contributed by atoms with E-state index < -0.39 is 18.0 Å². The van der Waals surface area contributed by atoms with Crippen LogP contribution in [0.15, 0.2) is 48.5 Å². The number of ether oxygens (including phenoxy) is 3. The van der Waals surface area contributed by atoms with Gasteiger partial charge in [0.15, 0.2) is 18.5 Å². The smallest absolute Gasteiger partial charge is 0.344 e. The van der Waals surface area contributed by atoms with E-state index in [1.807, 2.05) is 6.92 Å². The molecule has 0 fully saturated rings. The van der Waals surface area contributed by atoms with Gasteiger partial charge in [0.25, 0.3) is 5.91 Å². The van der Waals surface area contributed by atoms with Crippen LogP contribution in [0.5, 0.6) is 11.5 Å². The summed E-state index contributed by atoms with van der Waals surface area (Å²) < 4.78 is 15.7. The summed E-state index contributed by atoms with van der Waals surface area (Å²) in [4.78, 5) is 35.2. The third-order valence-corrected chi connectivity index (χ3v) is 3.73. The summed E-state index contributed by atoms with van der Waals surface area (Å²) in [6, 6.07) is 13.3. The molecule has 0 aliphatic heterocycles. The number of carbonyl (C=O) groups is 3. The molecule has 7 heteroatoms. The summed E-state index contributed by atoms with van der Waals surface area (Å²) in [5.74, 6) is -0.0615. The molecule has 7 nitrogen and oxygen atoms in total. The number of rotatable bonds is 9. The predicted octanol–water partition coefficient (Wildman–Crippen LogP) is 3.24. The quantitative estimate of drug-likeness (QED) is 0.526. The second kappa shape index (κ2) is 10.1. The number of amides is 1. The van der Waals surface area contributed by atoms with Crippen LogP contribution in [0.2, 0.25) is 0 Å². The van der Waals surface area contributed by atoms with Gasteiger partial charge in [0.05, 0.1) is 6.61 Å². The molecule has 0 saturated carbocycles.